The number of ketones is 1. The van der Waals surface area contributed by atoms with Gasteiger partial charge in [-0.2, -0.15) is 4.74 Å². The molecule has 1 N–H and O–H groups in total. The Morgan fingerprint density at radius 3 is 2.43 bits per heavy atom. The molecular formula is C16H17N2O3+. The SMILES string of the molecule is O=C1C2=[N+]([O-])[C@@H]3CCCCC[C@H]3[N+](O)=C2c2ccccc21. The average molecular weight is 285 g/mol. The first-order valence-corrected chi connectivity index (χ1v) is 7.53. The van der Waals surface area contributed by atoms with Crippen molar-refractivity contribution in [3.05, 3.63) is 40.6 Å². The largest absolute Gasteiger partial charge is 0.623 e. The summed E-state index contributed by atoms with van der Waals surface area (Å²) in [7, 11) is 0. The standard InChI is InChI=1S/C16H17N2O3/c19-16-11-7-5-4-6-10(11)14-15(16)18(21)13-9-3-1-2-8-12(13)17(14)20/h4-7,12-13,20H,1-3,8-9H2/q+1/t12-,13-/m1/s1. The number of benzene rings is 1. The molecule has 0 bridgehead atoms. The van der Waals surface area contributed by atoms with Crippen molar-refractivity contribution in [1.29, 1.82) is 0 Å². The van der Waals surface area contributed by atoms with Gasteiger partial charge in [0, 0.05) is 18.4 Å². The van der Waals surface area contributed by atoms with Crippen molar-refractivity contribution in [3.8, 4) is 0 Å². The van der Waals surface area contributed by atoms with E-state index in [2.05, 4.69) is 0 Å². The van der Waals surface area contributed by atoms with Crippen LogP contribution in [0.4, 0.5) is 0 Å². The summed E-state index contributed by atoms with van der Waals surface area (Å²) in [4.78, 5) is 12.5. The topological polar surface area (TPSA) is 66.4 Å². The van der Waals surface area contributed by atoms with Crippen LogP contribution in [0.25, 0.3) is 0 Å². The minimum absolute atomic E-state index is 0.113. The van der Waals surface area contributed by atoms with Crippen LogP contribution < -0.4 is 0 Å². The van der Waals surface area contributed by atoms with E-state index in [-0.39, 0.29) is 23.6 Å². The smallest absolute Gasteiger partial charge is 0.336 e. The van der Waals surface area contributed by atoms with Gasteiger partial charge in [0.2, 0.25) is 6.04 Å². The van der Waals surface area contributed by atoms with Gasteiger partial charge < -0.3 is 5.21 Å². The summed E-state index contributed by atoms with van der Waals surface area (Å²) < 4.78 is 2.07. The first-order chi connectivity index (χ1) is 10.2. The normalized spacial score (nSPS) is 28.1. The Balaban J connectivity index is 1.97. The van der Waals surface area contributed by atoms with Crippen molar-refractivity contribution in [1.82, 2.24) is 0 Å². The number of fused-ring (bicyclic) bond motifs is 4. The van der Waals surface area contributed by atoms with Gasteiger partial charge in [0.05, 0.1) is 5.56 Å². The molecule has 4 rings (SSSR count). The molecule has 3 aliphatic rings. The Bertz CT molecular complexity index is 705. The first kappa shape index (κ1) is 12.6. The van der Waals surface area contributed by atoms with Gasteiger partial charge in [-0.15, -0.1) is 0 Å². The van der Waals surface area contributed by atoms with Crippen molar-refractivity contribution < 1.29 is 19.5 Å². The lowest BCUT2D eigenvalue weighted by Gasteiger charge is -2.23. The molecule has 1 aliphatic heterocycles. The second kappa shape index (κ2) is 4.41. The molecule has 1 fully saturated rings. The first-order valence-electron chi connectivity index (χ1n) is 7.53. The Kier molecular flexibility index (Phi) is 2.64. The summed E-state index contributed by atoms with van der Waals surface area (Å²) in [6, 6.07) is 6.57. The van der Waals surface area contributed by atoms with Gasteiger partial charge in [-0.05, 0) is 29.7 Å². The average Bonchev–Trinajstić information content (AvgIpc) is 2.67. The minimum Gasteiger partial charge on any atom is -0.623 e. The highest BCUT2D eigenvalue weighted by Crippen LogP contribution is 2.30. The molecule has 5 heteroatoms. The van der Waals surface area contributed by atoms with Gasteiger partial charge in [-0.25, -0.2) is 0 Å². The fourth-order valence-corrected chi connectivity index (χ4v) is 3.85. The van der Waals surface area contributed by atoms with Gasteiger partial charge >= 0.3 is 11.4 Å². The maximum Gasteiger partial charge on any atom is 0.336 e. The summed E-state index contributed by atoms with van der Waals surface area (Å²) in [6.07, 6.45) is 4.56. The maximum atomic E-state index is 12.7. The molecule has 108 valence electrons. The highest BCUT2D eigenvalue weighted by molar-refractivity contribution is 6.75. The highest BCUT2D eigenvalue weighted by Gasteiger charge is 2.56. The summed E-state index contributed by atoms with van der Waals surface area (Å²) in [5, 5.41) is 23.4. The van der Waals surface area contributed by atoms with Gasteiger partial charge in [0.25, 0.3) is 11.8 Å². The van der Waals surface area contributed by atoms with Gasteiger partial charge in [-0.1, -0.05) is 18.6 Å². The predicted octanol–water partition coefficient (Wildman–Crippen LogP) is 1.74. The molecule has 0 unspecified atom stereocenters. The molecule has 1 saturated carbocycles. The highest BCUT2D eigenvalue weighted by atomic mass is 16.5. The van der Waals surface area contributed by atoms with Crippen molar-refractivity contribution in [2.24, 2.45) is 0 Å². The molecular weight excluding hydrogens is 268 g/mol. The summed E-state index contributed by atoms with van der Waals surface area (Å²) in [5.41, 5.74) is 1.69. The molecule has 0 amide bonds. The summed E-state index contributed by atoms with van der Waals surface area (Å²) in [5.74, 6) is -0.266. The fourth-order valence-electron chi connectivity index (χ4n) is 3.85. The molecule has 5 nitrogen and oxygen atoms in total. The van der Waals surface area contributed by atoms with E-state index >= 15 is 0 Å². The second-order valence-electron chi connectivity index (χ2n) is 6.01. The zero-order chi connectivity index (χ0) is 14.6. The van der Waals surface area contributed by atoms with Crippen LogP contribution in [0, 0.1) is 5.21 Å². The Morgan fingerprint density at radius 1 is 1.00 bits per heavy atom. The number of nitrogens with zero attached hydrogens (tertiary/aromatic N) is 2. The van der Waals surface area contributed by atoms with Crippen LogP contribution in [-0.4, -0.2) is 44.0 Å². The monoisotopic (exact) mass is 285 g/mol. The molecule has 0 radical (unpaired) electrons. The lowest BCUT2D eigenvalue weighted by Crippen LogP contribution is -2.52. The van der Waals surface area contributed by atoms with Crippen LogP contribution in [0.15, 0.2) is 24.3 Å². The molecule has 0 aromatic heterocycles. The molecule has 1 aromatic carbocycles. The number of carbonyl (C=O) groups excluding carboxylic acids is 1. The van der Waals surface area contributed by atoms with E-state index in [0.717, 1.165) is 36.8 Å². The quantitative estimate of drug-likeness (QED) is 0.448. The van der Waals surface area contributed by atoms with E-state index in [1.807, 2.05) is 6.07 Å². The van der Waals surface area contributed by atoms with Crippen LogP contribution in [0.2, 0.25) is 0 Å². The van der Waals surface area contributed by atoms with E-state index < -0.39 is 0 Å². The predicted molar refractivity (Wildman–Crippen MR) is 76.2 cm³/mol. The van der Waals surface area contributed by atoms with Crippen molar-refractivity contribution in [3.63, 3.8) is 0 Å². The Morgan fingerprint density at radius 2 is 1.67 bits per heavy atom. The molecule has 2 aliphatic carbocycles. The number of hydrogen-bond donors (Lipinski definition) is 1. The molecule has 2 atom stereocenters. The maximum absolute atomic E-state index is 12.7. The van der Waals surface area contributed by atoms with Gasteiger partial charge in [0.1, 0.15) is 0 Å². The van der Waals surface area contributed by atoms with Crippen LogP contribution in [0.5, 0.6) is 0 Å². The van der Waals surface area contributed by atoms with Gasteiger partial charge in [0.15, 0.2) is 0 Å². The molecule has 0 saturated heterocycles. The van der Waals surface area contributed by atoms with E-state index in [4.69, 9.17) is 0 Å². The zero-order valence-corrected chi connectivity index (χ0v) is 11.7. The lowest BCUT2D eigenvalue weighted by molar-refractivity contribution is -0.820. The van der Waals surface area contributed by atoms with Gasteiger partial charge in [-0.3, -0.25) is 10.0 Å². The number of rotatable bonds is 0. The number of Topliss-reactive ketones (excluding diaryl/α,β-unsaturated/α-hetero) is 1. The molecule has 1 aromatic rings. The summed E-state index contributed by atoms with van der Waals surface area (Å²) >= 11 is 0. The number of hydrogen-bond acceptors (Lipinski definition) is 3. The van der Waals surface area contributed by atoms with E-state index in [9.17, 15) is 15.2 Å². The van der Waals surface area contributed by atoms with E-state index in [0.29, 0.717) is 16.8 Å². The van der Waals surface area contributed by atoms with Crippen molar-refractivity contribution >= 4 is 17.2 Å². The Hall–Kier alpha value is -2.17. The molecule has 1 heterocycles. The fraction of sp³-hybridized carbons (Fsp3) is 0.438. The number of hydroxylamine groups is 2. The third kappa shape index (κ3) is 1.60. The minimum atomic E-state index is -0.325. The van der Waals surface area contributed by atoms with Crippen LogP contribution in [0.1, 0.15) is 48.0 Å². The Labute approximate surface area is 122 Å². The summed E-state index contributed by atoms with van der Waals surface area (Å²) in [6.45, 7) is 0. The third-order valence-corrected chi connectivity index (χ3v) is 4.87. The van der Waals surface area contributed by atoms with Crippen LogP contribution >= 0.6 is 0 Å². The van der Waals surface area contributed by atoms with E-state index in [1.165, 1.54) is 4.74 Å². The number of carbonyl (C=O) groups is 1. The third-order valence-electron chi connectivity index (χ3n) is 4.87. The van der Waals surface area contributed by atoms with E-state index in [1.54, 1.807) is 18.2 Å². The van der Waals surface area contributed by atoms with Crippen LogP contribution in [0.3, 0.4) is 0 Å². The second-order valence-corrected chi connectivity index (χ2v) is 6.01. The van der Waals surface area contributed by atoms with Crippen LogP contribution in [-0.2, 0) is 0 Å². The van der Waals surface area contributed by atoms with Crippen molar-refractivity contribution in [2.45, 2.75) is 44.2 Å². The zero-order valence-electron chi connectivity index (χ0n) is 11.7. The molecule has 21 heavy (non-hydrogen) atoms. The lowest BCUT2D eigenvalue weighted by atomic mass is 9.99. The van der Waals surface area contributed by atoms with Crippen molar-refractivity contribution in [2.75, 3.05) is 0 Å². The molecule has 0 spiro atoms.